The van der Waals surface area contributed by atoms with Crippen LogP contribution in [-0.2, 0) is 16.0 Å². The molecule has 3 aliphatic heterocycles. The van der Waals surface area contributed by atoms with Gasteiger partial charge in [-0.2, -0.15) is 27.0 Å². The summed E-state index contributed by atoms with van der Waals surface area (Å²) in [7, 11) is 0. The summed E-state index contributed by atoms with van der Waals surface area (Å²) >= 11 is 1.73. The highest BCUT2D eigenvalue weighted by Crippen LogP contribution is 2.44. The van der Waals surface area contributed by atoms with E-state index >= 15 is 0 Å². The Bertz CT molecular complexity index is 1090. The molecule has 35 heavy (non-hydrogen) atoms. The zero-order chi connectivity index (χ0) is 23.5. The number of likely N-dealkylation sites (tertiary alicyclic amines) is 2. The van der Waals surface area contributed by atoms with Crippen LogP contribution in [0.15, 0.2) is 12.4 Å². The minimum atomic E-state index is -0.570. The molecule has 1 spiro atoms. The van der Waals surface area contributed by atoms with Gasteiger partial charge in [0.25, 0.3) is 0 Å². The molecule has 3 saturated heterocycles. The van der Waals surface area contributed by atoms with Crippen molar-refractivity contribution in [3.63, 3.8) is 0 Å². The van der Waals surface area contributed by atoms with Crippen molar-refractivity contribution in [1.29, 1.82) is 0 Å². The summed E-state index contributed by atoms with van der Waals surface area (Å²) in [6.07, 6.45) is 2.97. The van der Waals surface area contributed by atoms with Gasteiger partial charge in [-0.3, -0.25) is 9.69 Å². The fraction of sp³-hybridized carbons (Fsp3) is 0.667. The number of carbonyl (C=O) groups is 2. The maximum absolute atomic E-state index is 13.3. The molecule has 5 rings (SSSR count). The van der Waals surface area contributed by atoms with Gasteiger partial charge in [0.1, 0.15) is 28.6 Å². The first-order chi connectivity index (χ1) is 15.6. The lowest BCUT2D eigenvalue weighted by molar-refractivity contribution is -0.150. The van der Waals surface area contributed by atoms with Crippen LogP contribution in [0.25, 0.3) is 10.2 Å². The van der Waals surface area contributed by atoms with Gasteiger partial charge in [-0.15, -0.1) is 11.3 Å². The van der Waals surface area contributed by atoms with E-state index in [-0.39, 0.29) is 44.4 Å². The molecule has 194 valence electrons. The quantitative estimate of drug-likeness (QED) is 0.591. The van der Waals surface area contributed by atoms with Crippen LogP contribution in [0.2, 0.25) is 0 Å². The monoisotopic (exact) mass is 539 g/mol. The third-order valence-corrected chi connectivity index (χ3v) is 8.03. The number of carbonyl (C=O) groups excluding carboxylic acids is 2. The Morgan fingerprint density at radius 1 is 1.17 bits per heavy atom. The number of ether oxygens (including phenoxy) is 1. The summed E-state index contributed by atoms with van der Waals surface area (Å²) < 4.78 is 5.56. The van der Waals surface area contributed by atoms with Gasteiger partial charge in [0.15, 0.2) is 0 Å². The average molecular weight is 540 g/mol. The maximum atomic E-state index is 13.3. The van der Waals surface area contributed by atoms with Crippen LogP contribution in [0.5, 0.6) is 0 Å². The molecule has 0 radical (unpaired) electrons. The molecule has 2 amide bonds. The molecule has 2 aromatic rings. The fourth-order valence-electron chi connectivity index (χ4n) is 5.36. The van der Waals surface area contributed by atoms with E-state index in [4.69, 9.17) is 4.74 Å². The number of nitrogens with zero attached hydrogens (tertiary/aromatic N) is 5. The largest absolute Gasteiger partial charge is 0.444 e. The summed E-state index contributed by atoms with van der Waals surface area (Å²) in [5.74, 6) is 1.36. The third kappa shape index (κ3) is 5.22. The second-order valence-electron chi connectivity index (χ2n) is 11.0. The van der Waals surface area contributed by atoms with Crippen molar-refractivity contribution in [2.75, 3.05) is 37.6 Å². The summed E-state index contributed by atoms with van der Waals surface area (Å²) in [5, 5.41) is 1.13. The van der Waals surface area contributed by atoms with E-state index in [1.54, 1.807) is 22.6 Å². The minimum Gasteiger partial charge on any atom is -0.444 e. The number of fused-ring (bicyclic) bond motifs is 1. The average Bonchev–Trinajstić information content (AvgIpc) is 3.27. The highest BCUT2D eigenvalue weighted by atomic mass is 32.1. The SMILES string of the molecule is CCc1cc2c(N3CC4(CN(C(=O)[C@@H]5C[C@H](C)CN5C(=O)OC(C)(C)C)C4)C3)ncnc2s1.S.S. The Labute approximate surface area is 225 Å². The van der Waals surface area contributed by atoms with Crippen LogP contribution >= 0.6 is 38.3 Å². The van der Waals surface area contributed by atoms with Crippen LogP contribution in [-0.4, -0.2) is 76.1 Å². The normalized spacial score (nSPS) is 22.8. The van der Waals surface area contributed by atoms with E-state index < -0.39 is 11.6 Å². The van der Waals surface area contributed by atoms with Gasteiger partial charge < -0.3 is 14.5 Å². The van der Waals surface area contributed by atoms with E-state index in [1.165, 1.54) is 4.88 Å². The molecule has 0 saturated carbocycles. The Morgan fingerprint density at radius 3 is 2.49 bits per heavy atom. The molecule has 8 nitrogen and oxygen atoms in total. The van der Waals surface area contributed by atoms with Gasteiger partial charge in [0, 0.05) is 43.0 Å². The van der Waals surface area contributed by atoms with Crippen LogP contribution in [0, 0.1) is 11.3 Å². The molecule has 0 unspecified atom stereocenters. The van der Waals surface area contributed by atoms with Crippen LogP contribution < -0.4 is 4.90 Å². The second-order valence-corrected chi connectivity index (χ2v) is 12.1. The van der Waals surface area contributed by atoms with E-state index in [9.17, 15) is 9.59 Å². The van der Waals surface area contributed by atoms with Crippen molar-refractivity contribution in [2.45, 2.75) is 59.1 Å². The van der Waals surface area contributed by atoms with Crippen LogP contribution in [0.4, 0.5) is 10.6 Å². The summed E-state index contributed by atoms with van der Waals surface area (Å²) in [4.78, 5) is 43.2. The van der Waals surface area contributed by atoms with Crippen molar-refractivity contribution < 1.29 is 14.3 Å². The standard InChI is InChI=1S/C24H33N5O3S.2H2S/c1-6-16-8-17-19(25-14-26-20(17)33-16)27-10-24(11-27)12-28(13-24)21(30)18-7-15(2)9-29(18)22(31)32-23(3,4)5;;/h8,14-15,18H,6-7,9-13H2,1-5H3;2*1H2/t15-,18-;;/m0../s1. The number of thiophene rings is 1. The van der Waals surface area contributed by atoms with Crippen LogP contribution in [0.1, 0.15) is 45.9 Å². The Hall–Kier alpha value is -1.72. The van der Waals surface area contributed by atoms with Crippen molar-refractivity contribution >= 4 is 66.4 Å². The first-order valence-corrected chi connectivity index (χ1v) is 12.7. The smallest absolute Gasteiger partial charge is 0.410 e. The predicted molar refractivity (Wildman–Crippen MR) is 149 cm³/mol. The van der Waals surface area contributed by atoms with Crippen molar-refractivity contribution in [2.24, 2.45) is 11.3 Å². The van der Waals surface area contributed by atoms with Crippen molar-refractivity contribution in [3.05, 3.63) is 17.3 Å². The Balaban J connectivity index is 0.00000171. The molecule has 0 bridgehead atoms. The van der Waals surface area contributed by atoms with Crippen LogP contribution in [0.3, 0.4) is 0 Å². The lowest BCUT2D eigenvalue weighted by Gasteiger charge is -2.61. The van der Waals surface area contributed by atoms with E-state index in [0.29, 0.717) is 18.9 Å². The van der Waals surface area contributed by atoms with E-state index in [0.717, 1.165) is 48.6 Å². The number of hydrogen-bond donors (Lipinski definition) is 0. The lowest BCUT2D eigenvalue weighted by Crippen LogP contribution is -2.74. The predicted octanol–water partition coefficient (Wildman–Crippen LogP) is 3.77. The molecule has 2 atom stereocenters. The van der Waals surface area contributed by atoms with E-state index in [2.05, 4.69) is 34.8 Å². The van der Waals surface area contributed by atoms with Gasteiger partial charge in [0.2, 0.25) is 5.91 Å². The molecule has 0 N–H and O–H groups in total. The topological polar surface area (TPSA) is 78.9 Å². The fourth-order valence-corrected chi connectivity index (χ4v) is 6.29. The maximum Gasteiger partial charge on any atom is 0.410 e. The summed E-state index contributed by atoms with van der Waals surface area (Å²) in [6, 6.07) is 1.80. The van der Waals surface area contributed by atoms with Gasteiger partial charge in [0.05, 0.1) is 5.39 Å². The highest BCUT2D eigenvalue weighted by Gasteiger charge is 2.55. The zero-order valence-corrected chi connectivity index (χ0v) is 23.9. The number of aromatic nitrogens is 2. The molecule has 11 heteroatoms. The zero-order valence-electron chi connectivity index (χ0n) is 21.1. The number of anilines is 1. The van der Waals surface area contributed by atoms with Gasteiger partial charge >= 0.3 is 6.09 Å². The molecule has 0 aromatic carbocycles. The lowest BCUT2D eigenvalue weighted by atomic mass is 9.72. The van der Waals surface area contributed by atoms with E-state index in [1.807, 2.05) is 25.7 Å². The molecule has 2 aromatic heterocycles. The Morgan fingerprint density at radius 2 is 1.86 bits per heavy atom. The number of hydrogen-bond acceptors (Lipinski definition) is 7. The molecular formula is C24H37N5O3S3. The van der Waals surface area contributed by atoms with Gasteiger partial charge in [-0.25, -0.2) is 14.8 Å². The second kappa shape index (κ2) is 9.97. The number of amides is 2. The number of aryl methyl sites for hydroxylation is 1. The minimum absolute atomic E-state index is 0. The summed E-state index contributed by atoms with van der Waals surface area (Å²) in [5.41, 5.74) is -0.434. The molecule has 3 fully saturated rings. The number of rotatable bonds is 3. The third-order valence-electron chi connectivity index (χ3n) is 6.85. The van der Waals surface area contributed by atoms with Gasteiger partial charge in [-0.1, -0.05) is 13.8 Å². The molecule has 3 aliphatic rings. The van der Waals surface area contributed by atoms with Crippen molar-refractivity contribution in [1.82, 2.24) is 19.8 Å². The molecular weight excluding hydrogens is 502 g/mol. The van der Waals surface area contributed by atoms with Gasteiger partial charge in [-0.05, 0) is 45.6 Å². The highest BCUT2D eigenvalue weighted by molar-refractivity contribution is 7.59. The van der Waals surface area contributed by atoms with Crippen molar-refractivity contribution in [3.8, 4) is 0 Å². The first kappa shape index (κ1) is 27.9. The Kier molecular flexibility index (Phi) is 7.94. The molecule has 5 heterocycles. The first-order valence-electron chi connectivity index (χ1n) is 11.8. The summed E-state index contributed by atoms with van der Waals surface area (Å²) in [6.45, 7) is 13.7. The molecule has 0 aliphatic carbocycles.